The van der Waals surface area contributed by atoms with Crippen LogP contribution in [-0.4, -0.2) is 30.4 Å². The fourth-order valence-electron chi connectivity index (χ4n) is 4.20. The molecule has 4 atom stereocenters. The van der Waals surface area contributed by atoms with Gasteiger partial charge in [0.05, 0.1) is 36.9 Å². The molecule has 140 valence electrons. The number of hydrogen-bond acceptors (Lipinski definition) is 6. The van der Waals surface area contributed by atoms with E-state index in [2.05, 4.69) is 5.32 Å². The highest BCUT2D eigenvalue weighted by atomic mass is 16.5. The Morgan fingerprint density at radius 1 is 1.19 bits per heavy atom. The molecule has 0 unspecified atom stereocenters. The molecule has 2 fully saturated rings. The maximum absolute atomic E-state index is 13.3. The van der Waals surface area contributed by atoms with Gasteiger partial charge in [0.15, 0.2) is 0 Å². The minimum Gasteiger partial charge on any atom is -0.468 e. The zero-order valence-corrected chi connectivity index (χ0v) is 15.3. The second-order valence-electron chi connectivity index (χ2n) is 7.18. The largest absolute Gasteiger partial charge is 0.468 e. The van der Waals surface area contributed by atoms with E-state index in [1.807, 2.05) is 19.1 Å². The standard InChI is InChI=1S/C20H20N2O5/c1-11-6-8-12(9-7-11)22-17(23)14-15(18(22)24)20(2,19(25)26-3)21-16(14)13-5-4-10-27-13/h4-10,14-16,21H,1-3H3/t14-,15+,16-,20+/m0/s1. The number of methoxy groups -OCH3 is 1. The summed E-state index contributed by atoms with van der Waals surface area (Å²) in [6.45, 7) is 3.53. The Morgan fingerprint density at radius 2 is 1.89 bits per heavy atom. The number of amides is 2. The normalized spacial score (nSPS) is 29.9. The zero-order chi connectivity index (χ0) is 19.3. The van der Waals surface area contributed by atoms with E-state index in [0.29, 0.717) is 11.4 Å². The first-order valence-electron chi connectivity index (χ1n) is 8.72. The summed E-state index contributed by atoms with van der Waals surface area (Å²) in [5.41, 5.74) is 0.186. The first-order valence-corrected chi connectivity index (χ1v) is 8.72. The number of rotatable bonds is 3. The van der Waals surface area contributed by atoms with Crippen LogP contribution in [0.3, 0.4) is 0 Å². The van der Waals surface area contributed by atoms with Gasteiger partial charge < -0.3 is 9.15 Å². The number of aryl methyl sites for hydroxylation is 1. The van der Waals surface area contributed by atoms with Crippen LogP contribution >= 0.6 is 0 Å². The lowest BCUT2D eigenvalue weighted by molar-refractivity contribution is -0.151. The summed E-state index contributed by atoms with van der Waals surface area (Å²) in [6.07, 6.45) is 1.50. The Kier molecular flexibility index (Phi) is 3.92. The third kappa shape index (κ3) is 2.42. The predicted molar refractivity (Wildman–Crippen MR) is 95.7 cm³/mol. The highest BCUT2D eigenvalue weighted by molar-refractivity contribution is 6.24. The number of anilines is 1. The van der Waals surface area contributed by atoms with Crippen molar-refractivity contribution in [2.45, 2.75) is 25.4 Å². The van der Waals surface area contributed by atoms with Crippen LogP contribution in [0.15, 0.2) is 47.1 Å². The van der Waals surface area contributed by atoms with E-state index in [0.717, 1.165) is 5.56 Å². The third-order valence-electron chi connectivity index (χ3n) is 5.54. The summed E-state index contributed by atoms with van der Waals surface area (Å²) in [4.78, 5) is 40.2. The summed E-state index contributed by atoms with van der Waals surface area (Å²) in [5.74, 6) is -2.48. The van der Waals surface area contributed by atoms with Gasteiger partial charge in [0.2, 0.25) is 11.8 Å². The minimum atomic E-state index is -1.33. The van der Waals surface area contributed by atoms with E-state index >= 15 is 0 Å². The van der Waals surface area contributed by atoms with Gasteiger partial charge >= 0.3 is 5.97 Å². The van der Waals surface area contributed by atoms with Crippen molar-refractivity contribution in [2.24, 2.45) is 11.8 Å². The smallest absolute Gasteiger partial charge is 0.326 e. The van der Waals surface area contributed by atoms with Crippen LogP contribution < -0.4 is 10.2 Å². The summed E-state index contributed by atoms with van der Waals surface area (Å²) >= 11 is 0. The Bertz CT molecular complexity index is 905. The summed E-state index contributed by atoms with van der Waals surface area (Å²) in [7, 11) is 1.27. The molecule has 1 N–H and O–H groups in total. The van der Waals surface area contributed by atoms with Gasteiger partial charge in [-0.1, -0.05) is 17.7 Å². The monoisotopic (exact) mass is 368 g/mol. The highest BCUT2D eigenvalue weighted by Gasteiger charge is 2.67. The number of fused-ring (bicyclic) bond motifs is 1. The lowest BCUT2D eigenvalue weighted by Crippen LogP contribution is -2.54. The number of nitrogens with one attached hydrogen (secondary N) is 1. The molecular weight excluding hydrogens is 348 g/mol. The third-order valence-corrected chi connectivity index (χ3v) is 5.54. The molecule has 27 heavy (non-hydrogen) atoms. The number of nitrogens with zero attached hydrogens (tertiary/aromatic N) is 1. The minimum absolute atomic E-state index is 0.351. The van der Waals surface area contributed by atoms with Crippen LogP contribution in [0.5, 0.6) is 0 Å². The molecule has 7 nitrogen and oxygen atoms in total. The molecular formula is C20H20N2O5. The molecule has 2 aliphatic rings. The first-order chi connectivity index (χ1) is 12.9. The lowest BCUT2D eigenvalue weighted by atomic mass is 9.81. The molecule has 0 aliphatic carbocycles. The number of hydrogen-bond donors (Lipinski definition) is 1. The Labute approximate surface area is 156 Å². The van der Waals surface area contributed by atoms with Crippen molar-refractivity contribution in [1.82, 2.24) is 5.32 Å². The molecule has 2 aliphatic heterocycles. The van der Waals surface area contributed by atoms with E-state index in [4.69, 9.17) is 9.15 Å². The second-order valence-corrected chi connectivity index (χ2v) is 7.18. The van der Waals surface area contributed by atoms with E-state index < -0.39 is 35.3 Å². The van der Waals surface area contributed by atoms with Crippen LogP contribution in [0.25, 0.3) is 0 Å². The number of furan rings is 1. The van der Waals surface area contributed by atoms with Gasteiger partial charge in [0.1, 0.15) is 11.3 Å². The average Bonchev–Trinajstić information content (AvgIpc) is 3.34. The van der Waals surface area contributed by atoms with Crippen LogP contribution in [0, 0.1) is 18.8 Å². The van der Waals surface area contributed by atoms with E-state index in [9.17, 15) is 14.4 Å². The lowest BCUT2D eigenvalue weighted by Gasteiger charge is -2.28. The summed E-state index contributed by atoms with van der Waals surface area (Å²) < 4.78 is 10.4. The second kappa shape index (κ2) is 6.06. The number of ether oxygens (including phenoxy) is 1. The number of carbonyl (C=O) groups is 3. The van der Waals surface area contributed by atoms with E-state index in [1.54, 1.807) is 31.2 Å². The maximum Gasteiger partial charge on any atom is 0.326 e. The Hall–Kier alpha value is -2.93. The Morgan fingerprint density at radius 3 is 2.48 bits per heavy atom. The molecule has 0 radical (unpaired) electrons. The summed E-state index contributed by atoms with van der Waals surface area (Å²) in [6, 6.07) is 9.98. The van der Waals surface area contributed by atoms with Crippen molar-refractivity contribution < 1.29 is 23.5 Å². The fraction of sp³-hybridized carbons (Fsp3) is 0.350. The number of benzene rings is 1. The van der Waals surface area contributed by atoms with Gasteiger partial charge in [0, 0.05) is 0 Å². The van der Waals surface area contributed by atoms with Crippen LogP contribution in [0.2, 0.25) is 0 Å². The SMILES string of the molecule is COC(=O)[C@]1(C)N[C@@H](c2ccco2)[C@H]2C(=O)N(c3ccc(C)cc3)C(=O)[C@@H]21. The van der Waals surface area contributed by atoms with Gasteiger partial charge in [-0.3, -0.25) is 19.7 Å². The van der Waals surface area contributed by atoms with Gasteiger partial charge in [0.25, 0.3) is 0 Å². The molecule has 1 aromatic carbocycles. The molecule has 0 spiro atoms. The number of carbonyl (C=O) groups excluding carboxylic acids is 3. The molecule has 4 rings (SSSR count). The van der Waals surface area contributed by atoms with Crippen LogP contribution in [-0.2, 0) is 19.1 Å². The molecule has 2 saturated heterocycles. The molecule has 2 amide bonds. The molecule has 3 heterocycles. The predicted octanol–water partition coefficient (Wildman–Crippen LogP) is 1.97. The molecule has 7 heteroatoms. The molecule has 0 bridgehead atoms. The van der Waals surface area contributed by atoms with Crippen molar-refractivity contribution >= 4 is 23.5 Å². The van der Waals surface area contributed by atoms with Gasteiger partial charge in [-0.05, 0) is 38.1 Å². The van der Waals surface area contributed by atoms with E-state index in [1.165, 1.54) is 18.3 Å². The Balaban J connectivity index is 1.81. The van der Waals surface area contributed by atoms with Crippen LogP contribution in [0.1, 0.15) is 24.3 Å². The zero-order valence-electron chi connectivity index (χ0n) is 15.3. The van der Waals surface area contributed by atoms with Gasteiger partial charge in [-0.15, -0.1) is 0 Å². The topological polar surface area (TPSA) is 88.8 Å². The summed E-state index contributed by atoms with van der Waals surface area (Å²) in [5, 5.41) is 3.13. The molecule has 1 aromatic heterocycles. The number of imide groups is 1. The van der Waals surface area contributed by atoms with Crippen molar-refractivity contribution in [3.63, 3.8) is 0 Å². The quantitative estimate of drug-likeness (QED) is 0.658. The van der Waals surface area contributed by atoms with Crippen molar-refractivity contribution in [3.05, 3.63) is 54.0 Å². The van der Waals surface area contributed by atoms with E-state index in [-0.39, 0.29) is 5.91 Å². The van der Waals surface area contributed by atoms with Crippen molar-refractivity contribution in [2.75, 3.05) is 12.0 Å². The molecule has 2 aromatic rings. The maximum atomic E-state index is 13.3. The first kappa shape index (κ1) is 17.5. The number of esters is 1. The highest BCUT2D eigenvalue weighted by Crippen LogP contribution is 2.49. The van der Waals surface area contributed by atoms with Gasteiger partial charge in [-0.25, -0.2) is 4.90 Å². The average molecular weight is 368 g/mol. The van der Waals surface area contributed by atoms with Gasteiger partial charge in [-0.2, -0.15) is 0 Å². The van der Waals surface area contributed by atoms with Crippen LogP contribution in [0.4, 0.5) is 5.69 Å². The van der Waals surface area contributed by atoms with Crippen molar-refractivity contribution in [1.29, 1.82) is 0 Å². The molecule has 0 saturated carbocycles. The van der Waals surface area contributed by atoms with Crippen molar-refractivity contribution in [3.8, 4) is 0 Å². The fourth-order valence-corrected chi connectivity index (χ4v) is 4.20.